The molecule has 0 spiro atoms. The Morgan fingerprint density at radius 1 is 1.00 bits per heavy atom. The van der Waals surface area contributed by atoms with Crippen LogP contribution in [0.4, 0.5) is 0 Å². The maximum Gasteiger partial charge on any atom is 0.186 e. The van der Waals surface area contributed by atoms with E-state index in [2.05, 4.69) is 0 Å². The molecule has 0 aliphatic heterocycles. The highest BCUT2D eigenvalue weighted by molar-refractivity contribution is 6.07. The summed E-state index contributed by atoms with van der Waals surface area (Å²) in [4.78, 5) is 12.4. The SMILES string of the molecule is COc1ccc(C=CC(=O)c2cc(OC)c(CO)c(OC)c2)cc1O. The number of aromatic hydroxyl groups is 1. The lowest BCUT2D eigenvalue weighted by Gasteiger charge is -2.12. The van der Waals surface area contributed by atoms with Gasteiger partial charge in [0.25, 0.3) is 0 Å². The molecule has 0 radical (unpaired) electrons. The van der Waals surface area contributed by atoms with Crippen molar-refractivity contribution in [2.75, 3.05) is 21.3 Å². The first-order valence-electron chi connectivity index (χ1n) is 7.49. The van der Waals surface area contributed by atoms with Crippen molar-refractivity contribution in [2.45, 2.75) is 6.61 Å². The van der Waals surface area contributed by atoms with E-state index in [1.807, 2.05) is 0 Å². The molecule has 6 heteroatoms. The number of hydrogen-bond acceptors (Lipinski definition) is 6. The molecule has 0 amide bonds. The lowest BCUT2D eigenvalue weighted by Crippen LogP contribution is -2.02. The zero-order valence-electron chi connectivity index (χ0n) is 14.3. The summed E-state index contributed by atoms with van der Waals surface area (Å²) in [5, 5.41) is 19.2. The fraction of sp³-hybridized carbons (Fsp3) is 0.211. The predicted molar refractivity (Wildman–Crippen MR) is 93.5 cm³/mol. The summed E-state index contributed by atoms with van der Waals surface area (Å²) in [6.07, 6.45) is 2.97. The Bertz CT molecular complexity index is 769. The van der Waals surface area contributed by atoms with Gasteiger partial charge in [-0.15, -0.1) is 0 Å². The van der Waals surface area contributed by atoms with Gasteiger partial charge in [0.1, 0.15) is 11.5 Å². The van der Waals surface area contributed by atoms with Crippen molar-refractivity contribution in [1.29, 1.82) is 0 Å². The standard InChI is InChI=1S/C19H20O6/c1-23-17-7-5-12(8-16(17)22)4-6-15(21)13-9-18(24-2)14(11-20)19(10-13)25-3/h4-10,20,22H,11H2,1-3H3. The van der Waals surface area contributed by atoms with Crippen molar-refractivity contribution < 1.29 is 29.2 Å². The van der Waals surface area contributed by atoms with Crippen molar-refractivity contribution in [1.82, 2.24) is 0 Å². The number of aliphatic hydroxyl groups excluding tert-OH is 1. The quantitative estimate of drug-likeness (QED) is 0.593. The summed E-state index contributed by atoms with van der Waals surface area (Å²) in [6, 6.07) is 7.93. The number of phenolic OH excluding ortho intramolecular Hbond substituents is 1. The number of methoxy groups -OCH3 is 3. The largest absolute Gasteiger partial charge is 0.504 e. The Balaban J connectivity index is 2.30. The zero-order chi connectivity index (χ0) is 18.4. The Kier molecular flexibility index (Phi) is 6.03. The van der Waals surface area contributed by atoms with Gasteiger partial charge in [-0.3, -0.25) is 4.79 Å². The Morgan fingerprint density at radius 2 is 1.60 bits per heavy atom. The number of phenols is 1. The third-order valence-electron chi connectivity index (χ3n) is 3.68. The van der Waals surface area contributed by atoms with Crippen LogP contribution < -0.4 is 14.2 Å². The van der Waals surface area contributed by atoms with Crippen LogP contribution in [-0.2, 0) is 6.61 Å². The van der Waals surface area contributed by atoms with Crippen LogP contribution >= 0.6 is 0 Å². The van der Waals surface area contributed by atoms with Gasteiger partial charge in [-0.1, -0.05) is 12.1 Å². The van der Waals surface area contributed by atoms with Gasteiger partial charge in [-0.2, -0.15) is 0 Å². The lowest BCUT2D eigenvalue weighted by atomic mass is 10.0. The summed E-state index contributed by atoms with van der Waals surface area (Å²) < 4.78 is 15.4. The number of rotatable bonds is 7. The highest BCUT2D eigenvalue weighted by Gasteiger charge is 2.14. The van der Waals surface area contributed by atoms with Gasteiger partial charge in [-0.25, -0.2) is 0 Å². The van der Waals surface area contributed by atoms with Gasteiger partial charge >= 0.3 is 0 Å². The van der Waals surface area contributed by atoms with Gasteiger partial charge in [0.2, 0.25) is 0 Å². The molecule has 0 aliphatic rings. The van der Waals surface area contributed by atoms with E-state index in [4.69, 9.17) is 14.2 Å². The predicted octanol–water partition coefficient (Wildman–Crippen LogP) is 2.81. The average Bonchev–Trinajstić information content (AvgIpc) is 2.64. The Morgan fingerprint density at radius 3 is 2.08 bits per heavy atom. The van der Waals surface area contributed by atoms with E-state index in [1.165, 1.54) is 33.5 Å². The molecule has 0 saturated heterocycles. The third kappa shape index (κ3) is 4.10. The summed E-state index contributed by atoms with van der Waals surface area (Å²) in [5.41, 5.74) is 1.49. The van der Waals surface area contributed by atoms with Crippen molar-refractivity contribution in [3.63, 3.8) is 0 Å². The molecule has 2 aromatic carbocycles. The first-order valence-corrected chi connectivity index (χ1v) is 7.49. The van der Waals surface area contributed by atoms with Gasteiger partial charge < -0.3 is 24.4 Å². The van der Waals surface area contributed by atoms with Crippen LogP contribution in [0.1, 0.15) is 21.5 Å². The van der Waals surface area contributed by atoms with Crippen molar-refractivity contribution >= 4 is 11.9 Å². The molecule has 0 bridgehead atoms. The van der Waals surface area contributed by atoms with Gasteiger partial charge in [0.05, 0.1) is 33.5 Å². The number of ketones is 1. The topological polar surface area (TPSA) is 85.2 Å². The summed E-state index contributed by atoms with van der Waals surface area (Å²) >= 11 is 0. The molecule has 0 heterocycles. The molecule has 0 fully saturated rings. The molecule has 0 aliphatic carbocycles. The number of aliphatic hydroxyl groups is 1. The normalized spacial score (nSPS) is 10.7. The van der Waals surface area contributed by atoms with E-state index in [1.54, 1.807) is 30.3 Å². The molecular formula is C19H20O6. The molecule has 25 heavy (non-hydrogen) atoms. The highest BCUT2D eigenvalue weighted by Crippen LogP contribution is 2.31. The highest BCUT2D eigenvalue weighted by atomic mass is 16.5. The van der Waals surface area contributed by atoms with Crippen molar-refractivity contribution in [3.8, 4) is 23.0 Å². The number of benzene rings is 2. The number of hydrogen-bond donors (Lipinski definition) is 2. The zero-order valence-corrected chi connectivity index (χ0v) is 14.3. The van der Waals surface area contributed by atoms with Crippen LogP contribution in [0, 0.1) is 0 Å². The number of carbonyl (C=O) groups excluding carboxylic acids is 1. The van der Waals surface area contributed by atoms with Crippen LogP contribution in [0.25, 0.3) is 6.08 Å². The van der Waals surface area contributed by atoms with E-state index < -0.39 is 0 Å². The number of carbonyl (C=O) groups is 1. The van der Waals surface area contributed by atoms with E-state index in [0.717, 1.165) is 0 Å². The number of ether oxygens (including phenoxy) is 3. The van der Waals surface area contributed by atoms with E-state index in [9.17, 15) is 15.0 Å². The van der Waals surface area contributed by atoms with Gasteiger partial charge in [0.15, 0.2) is 17.3 Å². The van der Waals surface area contributed by atoms with E-state index >= 15 is 0 Å². The molecule has 0 saturated carbocycles. The third-order valence-corrected chi connectivity index (χ3v) is 3.68. The Hall–Kier alpha value is -2.99. The maximum absolute atomic E-state index is 12.4. The summed E-state index contributed by atoms with van der Waals surface area (Å²) in [7, 11) is 4.38. The van der Waals surface area contributed by atoms with Gasteiger partial charge in [0, 0.05) is 5.56 Å². The molecule has 2 rings (SSSR count). The Labute approximate surface area is 145 Å². The lowest BCUT2D eigenvalue weighted by molar-refractivity contribution is 0.104. The minimum atomic E-state index is -0.267. The van der Waals surface area contributed by atoms with Crippen LogP contribution in [-0.4, -0.2) is 37.3 Å². The van der Waals surface area contributed by atoms with Crippen LogP contribution in [0.3, 0.4) is 0 Å². The van der Waals surface area contributed by atoms with Gasteiger partial charge in [-0.05, 0) is 35.9 Å². The smallest absolute Gasteiger partial charge is 0.186 e. The molecule has 0 aromatic heterocycles. The van der Waals surface area contributed by atoms with E-state index in [0.29, 0.717) is 33.9 Å². The first kappa shape index (κ1) is 18.4. The van der Waals surface area contributed by atoms with Crippen LogP contribution in [0.2, 0.25) is 0 Å². The monoisotopic (exact) mass is 344 g/mol. The molecule has 0 unspecified atom stereocenters. The first-order chi connectivity index (χ1) is 12.0. The molecule has 6 nitrogen and oxygen atoms in total. The molecule has 0 atom stereocenters. The second kappa shape index (κ2) is 8.21. The van der Waals surface area contributed by atoms with Crippen LogP contribution in [0.5, 0.6) is 23.0 Å². The van der Waals surface area contributed by atoms with Crippen LogP contribution in [0.15, 0.2) is 36.4 Å². The molecule has 132 valence electrons. The van der Waals surface area contributed by atoms with Crippen molar-refractivity contribution in [3.05, 3.63) is 53.1 Å². The van der Waals surface area contributed by atoms with E-state index in [-0.39, 0.29) is 18.1 Å². The fourth-order valence-electron chi connectivity index (χ4n) is 2.36. The minimum absolute atomic E-state index is 0.00673. The average molecular weight is 344 g/mol. The second-order valence-corrected chi connectivity index (χ2v) is 5.15. The maximum atomic E-state index is 12.4. The fourth-order valence-corrected chi connectivity index (χ4v) is 2.36. The number of allylic oxidation sites excluding steroid dienone is 1. The minimum Gasteiger partial charge on any atom is -0.504 e. The second-order valence-electron chi connectivity index (χ2n) is 5.15. The molecule has 2 N–H and O–H groups in total. The van der Waals surface area contributed by atoms with Crippen molar-refractivity contribution in [2.24, 2.45) is 0 Å². The summed E-state index contributed by atoms with van der Waals surface area (Å²) in [6.45, 7) is -0.262. The molecular weight excluding hydrogens is 324 g/mol. The molecule has 2 aromatic rings. The summed E-state index contributed by atoms with van der Waals surface area (Å²) in [5.74, 6) is 0.836.